The van der Waals surface area contributed by atoms with Crippen LogP contribution in [0.1, 0.15) is 38.4 Å². The number of likely N-dealkylation sites (tertiary alicyclic amines) is 1. The Kier molecular flexibility index (Phi) is 6.57. The minimum atomic E-state index is 0.00962. The number of hydrogen-bond donors (Lipinski definition) is 2. The summed E-state index contributed by atoms with van der Waals surface area (Å²) in [5, 5.41) is 10.3. The summed E-state index contributed by atoms with van der Waals surface area (Å²) < 4.78 is 0. The van der Waals surface area contributed by atoms with Gasteiger partial charge in [0.15, 0.2) is 5.96 Å². The first-order valence-electron chi connectivity index (χ1n) is 8.56. The van der Waals surface area contributed by atoms with Crippen LogP contribution in [0.25, 0.3) is 0 Å². The lowest BCUT2D eigenvalue weighted by Gasteiger charge is -2.34. The molecule has 0 bridgehead atoms. The van der Waals surface area contributed by atoms with Crippen molar-refractivity contribution in [3.63, 3.8) is 0 Å². The zero-order valence-corrected chi connectivity index (χ0v) is 15.1. The van der Waals surface area contributed by atoms with Gasteiger partial charge in [-0.1, -0.05) is 13.8 Å². The molecule has 1 aromatic heterocycles. The number of hydrogen-bond acceptors (Lipinski definition) is 4. The minimum Gasteiger partial charge on any atom is -0.356 e. The maximum absolute atomic E-state index is 11.8. The van der Waals surface area contributed by atoms with Crippen LogP contribution in [0.4, 0.5) is 0 Å². The second-order valence-corrected chi connectivity index (χ2v) is 6.83. The molecule has 0 aliphatic carbocycles. The molecule has 1 amide bonds. The Bertz CT molecular complexity index is 531. The van der Waals surface area contributed by atoms with Crippen LogP contribution < -0.4 is 5.32 Å². The molecule has 2 heterocycles. The number of nitrogens with one attached hydrogen (secondary N) is 2. The van der Waals surface area contributed by atoms with Crippen LogP contribution in [0.5, 0.6) is 0 Å². The van der Waals surface area contributed by atoms with Gasteiger partial charge in [-0.3, -0.25) is 9.89 Å². The molecule has 1 saturated heterocycles. The van der Waals surface area contributed by atoms with Gasteiger partial charge in [0.1, 0.15) is 18.7 Å². The Morgan fingerprint density at radius 2 is 2.17 bits per heavy atom. The average molecular weight is 335 g/mol. The Morgan fingerprint density at radius 1 is 1.46 bits per heavy atom. The number of aromatic amines is 1. The number of aliphatic imine (C=N–C) groups is 1. The second-order valence-electron chi connectivity index (χ2n) is 6.83. The number of amides is 1. The van der Waals surface area contributed by atoms with Crippen molar-refractivity contribution in [3.05, 3.63) is 12.2 Å². The van der Waals surface area contributed by atoms with Crippen LogP contribution in [0, 0.1) is 5.92 Å². The Hall–Kier alpha value is -2.12. The summed E-state index contributed by atoms with van der Waals surface area (Å²) in [4.78, 5) is 24.4. The third-order valence-electron chi connectivity index (χ3n) is 4.15. The summed E-state index contributed by atoms with van der Waals surface area (Å²) in [6, 6.07) is 0. The van der Waals surface area contributed by atoms with Crippen LogP contribution in [-0.4, -0.2) is 77.1 Å². The van der Waals surface area contributed by atoms with Crippen molar-refractivity contribution < 1.29 is 4.79 Å². The number of carbonyl (C=O) groups is 1. The van der Waals surface area contributed by atoms with Gasteiger partial charge in [0.25, 0.3) is 0 Å². The number of carbonyl (C=O) groups excluding carboxylic acids is 1. The molecule has 0 atom stereocenters. The van der Waals surface area contributed by atoms with Gasteiger partial charge in [-0.15, -0.1) is 0 Å². The van der Waals surface area contributed by atoms with Gasteiger partial charge in [-0.2, -0.15) is 5.10 Å². The summed E-state index contributed by atoms with van der Waals surface area (Å²) in [5.74, 6) is 2.74. The SMILES string of the molecule is CC(C)CNC(=NCC(=O)N(C)C)N1CCC(c2ncn[nH]2)CC1. The summed E-state index contributed by atoms with van der Waals surface area (Å²) in [6.45, 7) is 7.13. The molecule has 0 spiro atoms. The first-order chi connectivity index (χ1) is 11.5. The van der Waals surface area contributed by atoms with Gasteiger partial charge in [0, 0.05) is 39.6 Å². The molecule has 24 heavy (non-hydrogen) atoms. The number of guanidine groups is 1. The van der Waals surface area contributed by atoms with E-state index in [-0.39, 0.29) is 12.5 Å². The monoisotopic (exact) mass is 335 g/mol. The van der Waals surface area contributed by atoms with E-state index in [0.29, 0.717) is 11.8 Å². The van der Waals surface area contributed by atoms with E-state index in [2.05, 4.69) is 44.2 Å². The van der Waals surface area contributed by atoms with Crippen LogP contribution in [-0.2, 0) is 4.79 Å². The molecular weight excluding hydrogens is 306 g/mol. The number of piperidine rings is 1. The fourth-order valence-electron chi connectivity index (χ4n) is 2.62. The topological polar surface area (TPSA) is 89.5 Å². The van der Waals surface area contributed by atoms with Gasteiger partial charge in [-0.25, -0.2) is 9.98 Å². The van der Waals surface area contributed by atoms with E-state index in [1.165, 1.54) is 0 Å². The minimum absolute atomic E-state index is 0.00962. The van der Waals surface area contributed by atoms with E-state index < -0.39 is 0 Å². The normalized spacial score (nSPS) is 16.5. The quantitative estimate of drug-likeness (QED) is 0.610. The van der Waals surface area contributed by atoms with Gasteiger partial charge in [-0.05, 0) is 18.8 Å². The number of likely N-dealkylation sites (N-methyl/N-ethyl adjacent to an activating group) is 1. The molecule has 2 rings (SSSR count). The highest BCUT2D eigenvalue weighted by Gasteiger charge is 2.24. The third kappa shape index (κ3) is 5.21. The van der Waals surface area contributed by atoms with Crippen LogP contribution in [0.15, 0.2) is 11.3 Å². The summed E-state index contributed by atoms with van der Waals surface area (Å²) in [7, 11) is 3.50. The number of nitrogens with zero attached hydrogens (tertiary/aromatic N) is 5. The van der Waals surface area contributed by atoms with Gasteiger partial charge in [0.05, 0.1) is 0 Å². The molecule has 0 aromatic carbocycles. The standard InChI is InChI=1S/C16H29N7O/c1-12(2)9-17-16(18-10-14(24)22(3)4)23-7-5-13(6-8-23)15-19-11-20-21-15/h11-13H,5-10H2,1-4H3,(H,17,18)(H,19,20,21). The van der Waals surface area contributed by atoms with Gasteiger partial charge < -0.3 is 15.1 Å². The first-order valence-corrected chi connectivity index (χ1v) is 8.56. The molecule has 0 radical (unpaired) electrons. The third-order valence-corrected chi connectivity index (χ3v) is 4.15. The van der Waals surface area contributed by atoms with Crippen LogP contribution in [0.3, 0.4) is 0 Å². The molecule has 134 valence electrons. The molecule has 1 aromatic rings. The van der Waals surface area contributed by atoms with Gasteiger partial charge in [0.2, 0.25) is 5.91 Å². The summed E-state index contributed by atoms with van der Waals surface area (Å²) in [6.07, 6.45) is 3.56. The van der Waals surface area contributed by atoms with E-state index in [0.717, 1.165) is 44.3 Å². The summed E-state index contributed by atoms with van der Waals surface area (Å²) in [5.41, 5.74) is 0. The average Bonchev–Trinajstić information content (AvgIpc) is 3.09. The molecule has 1 fully saturated rings. The predicted octanol–water partition coefficient (Wildman–Crippen LogP) is 0.674. The smallest absolute Gasteiger partial charge is 0.243 e. The lowest BCUT2D eigenvalue weighted by Crippen LogP contribution is -2.46. The van der Waals surface area contributed by atoms with E-state index in [9.17, 15) is 4.79 Å². The van der Waals surface area contributed by atoms with Crippen LogP contribution >= 0.6 is 0 Å². The Balaban J connectivity index is 1.96. The predicted molar refractivity (Wildman–Crippen MR) is 93.8 cm³/mol. The van der Waals surface area contributed by atoms with E-state index >= 15 is 0 Å². The molecule has 8 nitrogen and oxygen atoms in total. The molecule has 1 aliphatic heterocycles. The lowest BCUT2D eigenvalue weighted by molar-refractivity contribution is -0.127. The van der Waals surface area contributed by atoms with Crippen molar-refractivity contribution in [3.8, 4) is 0 Å². The summed E-state index contributed by atoms with van der Waals surface area (Å²) >= 11 is 0. The highest BCUT2D eigenvalue weighted by molar-refractivity contribution is 5.84. The zero-order valence-electron chi connectivity index (χ0n) is 15.1. The van der Waals surface area contributed by atoms with Crippen molar-refractivity contribution in [2.24, 2.45) is 10.9 Å². The van der Waals surface area contributed by atoms with Crippen LogP contribution in [0.2, 0.25) is 0 Å². The molecule has 1 aliphatic rings. The second kappa shape index (κ2) is 8.65. The van der Waals surface area contributed by atoms with E-state index in [1.807, 2.05) is 0 Å². The molecular formula is C16H29N7O. The van der Waals surface area contributed by atoms with Crippen molar-refractivity contribution in [1.82, 2.24) is 30.3 Å². The number of aromatic nitrogens is 3. The highest BCUT2D eigenvalue weighted by Crippen LogP contribution is 2.24. The zero-order chi connectivity index (χ0) is 17.5. The lowest BCUT2D eigenvalue weighted by atomic mass is 9.96. The van der Waals surface area contributed by atoms with Crippen molar-refractivity contribution in [2.75, 3.05) is 40.3 Å². The van der Waals surface area contributed by atoms with Crippen molar-refractivity contribution >= 4 is 11.9 Å². The van der Waals surface area contributed by atoms with E-state index in [4.69, 9.17) is 0 Å². The molecule has 8 heteroatoms. The maximum Gasteiger partial charge on any atom is 0.243 e. The van der Waals surface area contributed by atoms with Gasteiger partial charge >= 0.3 is 0 Å². The molecule has 0 unspecified atom stereocenters. The Labute approximate surface area is 143 Å². The van der Waals surface area contributed by atoms with Crippen molar-refractivity contribution in [2.45, 2.75) is 32.6 Å². The Morgan fingerprint density at radius 3 is 2.71 bits per heavy atom. The van der Waals surface area contributed by atoms with Crippen molar-refractivity contribution in [1.29, 1.82) is 0 Å². The first kappa shape index (κ1) is 18.2. The molecule has 2 N–H and O–H groups in total. The molecule has 0 saturated carbocycles. The number of rotatable bonds is 5. The largest absolute Gasteiger partial charge is 0.356 e. The fraction of sp³-hybridized carbons (Fsp3) is 0.750. The highest BCUT2D eigenvalue weighted by atomic mass is 16.2. The maximum atomic E-state index is 11.8. The van der Waals surface area contributed by atoms with E-state index in [1.54, 1.807) is 25.3 Å². The fourth-order valence-corrected chi connectivity index (χ4v) is 2.62. The number of H-pyrrole nitrogens is 1.